The number of Topliss-reactive ketones (excluding diaryl/α,β-unsaturated/α-hetero) is 1. The lowest BCUT2D eigenvalue weighted by Gasteiger charge is -2.24. The van der Waals surface area contributed by atoms with Crippen LogP contribution in [0, 0.1) is 0 Å². The van der Waals surface area contributed by atoms with Gasteiger partial charge in [-0.05, 0) is 22.1 Å². The summed E-state index contributed by atoms with van der Waals surface area (Å²) >= 11 is 6.92. The third-order valence-corrected chi connectivity index (χ3v) is 5.15. The number of ketones is 1. The van der Waals surface area contributed by atoms with Gasteiger partial charge in [-0.3, -0.25) is 4.79 Å². The van der Waals surface area contributed by atoms with Crippen molar-refractivity contribution in [3.05, 3.63) is 42.0 Å². The van der Waals surface area contributed by atoms with Gasteiger partial charge >= 0.3 is 0 Å². The number of benzene rings is 1. The fourth-order valence-corrected chi connectivity index (χ4v) is 2.99. The minimum absolute atomic E-state index is 0.115. The summed E-state index contributed by atoms with van der Waals surface area (Å²) in [6.07, 6.45) is 0.486. The highest BCUT2D eigenvalue weighted by Gasteiger charge is 2.44. The topological polar surface area (TPSA) is 17.1 Å². The van der Waals surface area contributed by atoms with Gasteiger partial charge in [0.15, 0.2) is 9.02 Å². The van der Waals surface area contributed by atoms with Gasteiger partial charge in [0.25, 0.3) is 0 Å². The Kier molecular flexibility index (Phi) is 3.11. The lowest BCUT2D eigenvalue weighted by molar-refractivity contribution is -0.118. The molecule has 0 N–H and O–H groups in total. The molecular weight excluding hydrogens is 344 g/mol. The molecule has 0 aliphatic heterocycles. The van der Waals surface area contributed by atoms with Crippen molar-refractivity contribution < 1.29 is 4.79 Å². The molecule has 0 bridgehead atoms. The van der Waals surface area contributed by atoms with Crippen LogP contribution in [0.25, 0.3) is 5.57 Å². The molecule has 0 spiro atoms. The number of allylic oxidation sites excluding steroid dienone is 1. The number of hydrogen-bond acceptors (Lipinski definition) is 1. The maximum Gasteiger partial charge on any atom is 0.165 e. The van der Waals surface area contributed by atoms with Gasteiger partial charge in [0.1, 0.15) is 0 Å². The van der Waals surface area contributed by atoms with Crippen LogP contribution in [0.2, 0.25) is 0 Å². The van der Waals surface area contributed by atoms with Gasteiger partial charge < -0.3 is 0 Å². The van der Waals surface area contributed by atoms with Gasteiger partial charge in [-0.1, -0.05) is 76.6 Å². The SMILES string of the molecule is C=C1c2ccccc2C(C)(C)CC(=O)C1(Br)Br. The van der Waals surface area contributed by atoms with Gasteiger partial charge in [0, 0.05) is 6.42 Å². The maximum absolute atomic E-state index is 12.3. The Balaban J connectivity index is 2.72. The summed E-state index contributed by atoms with van der Waals surface area (Å²) in [6, 6.07) is 8.09. The van der Waals surface area contributed by atoms with E-state index in [0.29, 0.717) is 6.42 Å². The normalized spacial score (nSPS) is 21.9. The summed E-state index contributed by atoms with van der Waals surface area (Å²) in [7, 11) is 0. The first-order valence-electron chi connectivity index (χ1n) is 5.47. The quantitative estimate of drug-likeness (QED) is 0.495. The van der Waals surface area contributed by atoms with E-state index in [1.807, 2.05) is 18.2 Å². The maximum atomic E-state index is 12.3. The van der Waals surface area contributed by atoms with Crippen molar-refractivity contribution in [3.63, 3.8) is 0 Å². The molecule has 90 valence electrons. The first-order valence-corrected chi connectivity index (χ1v) is 7.06. The summed E-state index contributed by atoms with van der Waals surface area (Å²) in [5.41, 5.74) is 2.85. The Morgan fingerprint density at radius 2 is 1.82 bits per heavy atom. The molecule has 1 aliphatic rings. The third kappa shape index (κ3) is 2.04. The molecule has 0 unspecified atom stereocenters. The molecule has 17 heavy (non-hydrogen) atoms. The molecule has 3 heteroatoms. The monoisotopic (exact) mass is 356 g/mol. The van der Waals surface area contributed by atoms with E-state index in [0.717, 1.165) is 11.1 Å². The van der Waals surface area contributed by atoms with E-state index in [4.69, 9.17) is 0 Å². The second kappa shape index (κ2) is 4.06. The molecule has 1 aromatic carbocycles. The molecule has 0 atom stereocenters. The Hall–Kier alpha value is -0.410. The van der Waals surface area contributed by atoms with Crippen molar-refractivity contribution in [1.29, 1.82) is 0 Å². The largest absolute Gasteiger partial charge is 0.297 e. The molecule has 1 aromatic rings. The summed E-state index contributed by atoms with van der Waals surface area (Å²) < 4.78 is -0.829. The van der Waals surface area contributed by atoms with Gasteiger partial charge in [-0.2, -0.15) is 0 Å². The number of fused-ring (bicyclic) bond motifs is 1. The number of alkyl halides is 2. The summed E-state index contributed by atoms with van der Waals surface area (Å²) in [5, 5.41) is 0. The molecule has 0 saturated heterocycles. The van der Waals surface area contributed by atoms with Crippen molar-refractivity contribution in [1.82, 2.24) is 0 Å². The number of rotatable bonds is 0. The molecule has 0 radical (unpaired) electrons. The minimum atomic E-state index is -0.829. The first kappa shape index (κ1) is 13.0. The van der Waals surface area contributed by atoms with E-state index in [1.54, 1.807) is 0 Å². The van der Waals surface area contributed by atoms with Crippen LogP contribution in [0.4, 0.5) is 0 Å². The average Bonchev–Trinajstić information content (AvgIpc) is 2.30. The van der Waals surface area contributed by atoms with Crippen LogP contribution in [0.15, 0.2) is 30.8 Å². The first-order chi connectivity index (χ1) is 7.77. The van der Waals surface area contributed by atoms with E-state index in [1.165, 1.54) is 5.56 Å². The predicted octanol–water partition coefficient (Wildman–Crippen LogP) is 4.44. The summed E-state index contributed by atoms with van der Waals surface area (Å²) in [6.45, 7) is 8.26. The van der Waals surface area contributed by atoms with Crippen molar-refractivity contribution in [2.45, 2.75) is 28.9 Å². The third-order valence-electron chi connectivity index (χ3n) is 3.31. The molecule has 1 aliphatic carbocycles. The minimum Gasteiger partial charge on any atom is -0.297 e. The Morgan fingerprint density at radius 1 is 1.24 bits per heavy atom. The number of carbonyl (C=O) groups is 1. The molecular formula is C14H14Br2O. The lowest BCUT2D eigenvalue weighted by Crippen LogP contribution is -2.28. The number of halogens is 2. The standard InChI is InChI=1S/C14H14Br2O/c1-9-10-6-4-5-7-11(10)13(2,3)8-12(17)14(9,15)16/h4-7H,1,8H2,2-3H3. The van der Waals surface area contributed by atoms with E-state index >= 15 is 0 Å². The van der Waals surface area contributed by atoms with Crippen LogP contribution in [-0.2, 0) is 10.2 Å². The molecule has 0 aromatic heterocycles. The van der Waals surface area contributed by atoms with E-state index in [2.05, 4.69) is 58.4 Å². The van der Waals surface area contributed by atoms with Crippen molar-refractivity contribution in [2.75, 3.05) is 0 Å². The van der Waals surface area contributed by atoms with Crippen LogP contribution in [0.5, 0.6) is 0 Å². The lowest BCUT2D eigenvalue weighted by atomic mass is 9.79. The molecule has 0 amide bonds. The van der Waals surface area contributed by atoms with E-state index < -0.39 is 3.23 Å². The van der Waals surface area contributed by atoms with E-state index in [-0.39, 0.29) is 11.2 Å². The van der Waals surface area contributed by atoms with Crippen LogP contribution >= 0.6 is 31.9 Å². The molecule has 1 nitrogen and oxygen atoms in total. The van der Waals surface area contributed by atoms with Crippen molar-refractivity contribution in [2.24, 2.45) is 0 Å². The zero-order valence-electron chi connectivity index (χ0n) is 9.89. The fraction of sp³-hybridized carbons (Fsp3) is 0.357. The molecule has 0 heterocycles. The zero-order chi connectivity index (χ0) is 12.8. The highest BCUT2D eigenvalue weighted by atomic mass is 79.9. The van der Waals surface area contributed by atoms with E-state index in [9.17, 15) is 4.79 Å². The summed E-state index contributed by atoms with van der Waals surface area (Å²) in [5.74, 6) is 0.115. The highest BCUT2D eigenvalue weighted by Crippen LogP contribution is 2.49. The van der Waals surface area contributed by atoms with Crippen molar-refractivity contribution >= 4 is 43.2 Å². The van der Waals surface area contributed by atoms with Gasteiger partial charge in [-0.15, -0.1) is 0 Å². The number of carbonyl (C=O) groups excluding carboxylic acids is 1. The Labute approximate surface area is 119 Å². The van der Waals surface area contributed by atoms with Crippen LogP contribution < -0.4 is 0 Å². The van der Waals surface area contributed by atoms with Gasteiger partial charge in [-0.25, -0.2) is 0 Å². The fourth-order valence-electron chi connectivity index (χ4n) is 2.28. The Morgan fingerprint density at radius 3 is 2.47 bits per heavy atom. The smallest absolute Gasteiger partial charge is 0.165 e. The predicted molar refractivity (Wildman–Crippen MR) is 78.7 cm³/mol. The second-order valence-electron chi connectivity index (χ2n) is 5.08. The summed E-state index contributed by atoms with van der Waals surface area (Å²) in [4.78, 5) is 12.3. The molecule has 0 fully saturated rings. The highest BCUT2D eigenvalue weighted by molar-refractivity contribution is 9.26. The van der Waals surface area contributed by atoms with Crippen LogP contribution in [0.3, 0.4) is 0 Å². The van der Waals surface area contributed by atoms with Crippen LogP contribution in [-0.4, -0.2) is 9.02 Å². The van der Waals surface area contributed by atoms with Crippen LogP contribution in [0.1, 0.15) is 31.4 Å². The zero-order valence-corrected chi connectivity index (χ0v) is 13.1. The second-order valence-corrected chi connectivity index (χ2v) is 8.53. The molecule has 0 saturated carbocycles. The average molecular weight is 358 g/mol. The number of hydrogen-bond donors (Lipinski definition) is 0. The van der Waals surface area contributed by atoms with Gasteiger partial charge in [0.05, 0.1) is 0 Å². The van der Waals surface area contributed by atoms with Gasteiger partial charge in [0.2, 0.25) is 0 Å². The Bertz CT molecular complexity index is 501. The molecule has 2 rings (SSSR count). The van der Waals surface area contributed by atoms with Crippen molar-refractivity contribution in [3.8, 4) is 0 Å².